The van der Waals surface area contributed by atoms with Crippen LogP contribution in [0.25, 0.3) is 0 Å². The molecule has 1 fully saturated rings. The summed E-state index contributed by atoms with van der Waals surface area (Å²) in [6, 6.07) is 10.9. The van der Waals surface area contributed by atoms with Crippen LogP contribution in [-0.4, -0.2) is 36.4 Å². The number of nitrogens with zero attached hydrogens (tertiary/aromatic N) is 3. The summed E-state index contributed by atoms with van der Waals surface area (Å²) >= 11 is 6.05. The Balaban J connectivity index is 1.45. The van der Waals surface area contributed by atoms with Gasteiger partial charge in [0.05, 0.1) is 12.1 Å². The third-order valence-corrected chi connectivity index (χ3v) is 5.44. The summed E-state index contributed by atoms with van der Waals surface area (Å²) in [6.45, 7) is 3.14. The fourth-order valence-electron chi connectivity index (χ4n) is 3.26. The summed E-state index contributed by atoms with van der Waals surface area (Å²) in [7, 11) is 0. The van der Waals surface area contributed by atoms with E-state index in [0.29, 0.717) is 42.2 Å². The predicted octanol–water partition coefficient (Wildman–Crippen LogP) is 2.89. The summed E-state index contributed by atoms with van der Waals surface area (Å²) in [5.74, 6) is 0.266. The zero-order chi connectivity index (χ0) is 20.8. The monoisotopic (exact) mass is 411 g/mol. The lowest BCUT2D eigenvalue weighted by atomic mass is 9.96. The highest BCUT2D eigenvalue weighted by atomic mass is 35.5. The van der Waals surface area contributed by atoms with Gasteiger partial charge in [-0.1, -0.05) is 17.7 Å². The van der Waals surface area contributed by atoms with Crippen LogP contribution >= 0.6 is 11.6 Å². The molecule has 0 radical (unpaired) electrons. The molecule has 0 unspecified atom stereocenters. The lowest BCUT2D eigenvalue weighted by molar-refractivity contribution is -0.127. The summed E-state index contributed by atoms with van der Waals surface area (Å²) in [5, 5.41) is 14.9. The molecule has 1 aliphatic heterocycles. The van der Waals surface area contributed by atoms with E-state index in [0.717, 1.165) is 11.4 Å². The third kappa shape index (κ3) is 5.24. The van der Waals surface area contributed by atoms with E-state index < -0.39 is 0 Å². The molecule has 2 amide bonds. The number of halogens is 1. The zero-order valence-electron chi connectivity index (χ0n) is 16.1. The first-order chi connectivity index (χ1) is 14.0. The van der Waals surface area contributed by atoms with Crippen molar-refractivity contribution in [3.05, 3.63) is 52.7 Å². The third-order valence-electron chi connectivity index (χ3n) is 5.03. The fraction of sp³-hybridized carbons (Fsp3) is 0.333. The Morgan fingerprint density at radius 3 is 2.69 bits per heavy atom. The molecule has 2 N–H and O–H groups in total. The number of aromatic nitrogens is 1. The topological polar surface area (TPSA) is 98.1 Å². The molecule has 0 bridgehead atoms. The molecule has 2 heterocycles. The average Bonchev–Trinajstić information content (AvgIpc) is 2.75. The molecule has 7 nitrogen and oxygen atoms in total. The van der Waals surface area contributed by atoms with E-state index in [2.05, 4.69) is 26.6 Å². The average molecular weight is 412 g/mol. The summed E-state index contributed by atoms with van der Waals surface area (Å²) < 4.78 is 0. The number of amides is 2. The van der Waals surface area contributed by atoms with E-state index in [-0.39, 0.29) is 24.3 Å². The standard InChI is InChI=1S/C21H22ClN5O2/c1-14-17(22)3-2-4-18(14)26-20(28)13-25-21(29)16-7-9-27(10-8-16)19-6-5-15(11-23)12-24-19/h2-6,12,16H,7-10,13H2,1H3,(H,25,29)(H,26,28). The van der Waals surface area contributed by atoms with Crippen LogP contribution in [0.3, 0.4) is 0 Å². The van der Waals surface area contributed by atoms with Crippen molar-refractivity contribution in [3.63, 3.8) is 0 Å². The second-order valence-electron chi connectivity index (χ2n) is 6.96. The number of hydrogen-bond acceptors (Lipinski definition) is 5. The molecular weight excluding hydrogens is 390 g/mol. The number of rotatable bonds is 5. The number of carbonyl (C=O) groups is 2. The molecule has 0 aliphatic carbocycles. The minimum absolute atomic E-state index is 0.0812. The number of piperidine rings is 1. The van der Waals surface area contributed by atoms with E-state index in [1.807, 2.05) is 13.0 Å². The zero-order valence-corrected chi connectivity index (χ0v) is 16.9. The molecule has 0 atom stereocenters. The van der Waals surface area contributed by atoms with Gasteiger partial charge >= 0.3 is 0 Å². The lowest BCUT2D eigenvalue weighted by Crippen LogP contribution is -2.42. The fourth-order valence-corrected chi connectivity index (χ4v) is 3.43. The Hall–Kier alpha value is -3.11. The van der Waals surface area contributed by atoms with Gasteiger partial charge in [-0.3, -0.25) is 9.59 Å². The Labute approximate surface area is 174 Å². The Morgan fingerprint density at radius 2 is 2.03 bits per heavy atom. The van der Waals surface area contributed by atoms with Crippen LogP contribution in [-0.2, 0) is 9.59 Å². The smallest absolute Gasteiger partial charge is 0.243 e. The van der Waals surface area contributed by atoms with Crippen LogP contribution in [0.4, 0.5) is 11.5 Å². The first kappa shape index (κ1) is 20.6. The maximum absolute atomic E-state index is 12.4. The van der Waals surface area contributed by atoms with Crippen molar-refractivity contribution in [2.24, 2.45) is 5.92 Å². The van der Waals surface area contributed by atoms with Gasteiger partial charge < -0.3 is 15.5 Å². The van der Waals surface area contributed by atoms with Crippen molar-refractivity contribution in [1.29, 1.82) is 5.26 Å². The SMILES string of the molecule is Cc1c(Cl)cccc1NC(=O)CNC(=O)C1CCN(c2ccc(C#N)cn2)CC1. The van der Waals surface area contributed by atoms with Crippen molar-refractivity contribution >= 4 is 34.9 Å². The number of nitrogens with one attached hydrogen (secondary N) is 2. The maximum Gasteiger partial charge on any atom is 0.243 e. The molecule has 1 saturated heterocycles. The number of carbonyl (C=O) groups excluding carboxylic acids is 2. The van der Waals surface area contributed by atoms with E-state index in [4.69, 9.17) is 16.9 Å². The van der Waals surface area contributed by atoms with Crippen LogP contribution in [0.15, 0.2) is 36.5 Å². The molecule has 2 aromatic rings. The highest BCUT2D eigenvalue weighted by Gasteiger charge is 2.25. The quantitative estimate of drug-likeness (QED) is 0.788. The van der Waals surface area contributed by atoms with Gasteiger partial charge in [0.2, 0.25) is 11.8 Å². The first-order valence-corrected chi connectivity index (χ1v) is 9.79. The molecule has 150 valence electrons. The number of pyridine rings is 1. The Bertz CT molecular complexity index is 931. The summed E-state index contributed by atoms with van der Waals surface area (Å²) in [5.41, 5.74) is 1.95. The molecule has 0 saturated carbocycles. The van der Waals surface area contributed by atoms with Gasteiger partial charge in [0.1, 0.15) is 11.9 Å². The highest BCUT2D eigenvalue weighted by molar-refractivity contribution is 6.31. The van der Waals surface area contributed by atoms with Crippen LogP contribution in [0, 0.1) is 24.2 Å². The minimum atomic E-state index is -0.289. The van der Waals surface area contributed by atoms with E-state index in [1.54, 1.807) is 30.5 Å². The molecule has 1 aliphatic rings. The molecule has 0 spiro atoms. The van der Waals surface area contributed by atoms with Gasteiger partial charge in [-0.15, -0.1) is 0 Å². The van der Waals surface area contributed by atoms with E-state index in [9.17, 15) is 9.59 Å². The maximum atomic E-state index is 12.4. The second-order valence-corrected chi connectivity index (χ2v) is 7.36. The van der Waals surface area contributed by atoms with Gasteiger partial charge in [-0.05, 0) is 49.6 Å². The first-order valence-electron chi connectivity index (χ1n) is 9.41. The molecule has 1 aromatic carbocycles. The minimum Gasteiger partial charge on any atom is -0.357 e. The Kier molecular flexibility index (Phi) is 6.68. The molecule has 1 aromatic heterocycles. The van der Waals surface area contributed by atoms with Crippen molar-refractivity contribution in [1.82, 2.24) is 10.3 Å². The van der Waals surface area contributed by atoms with Gasteiger partial charge in [0.15, 0.2) is 0 Å². The molecule has 3 rings (SSSR count). The van der Waals surface area contributed by atoms with Crippen LogP contribution < -0.4 is 15.5 Å². The van der Waals surface area contributed by atoms with Crippen molar-refractivity contribution in [2.75, 3.05) is 29.9 Å². The van der Waals surface area contributed by atoms with Crippen molar-refractivity contribution in [3.8, 4) is 6.07 Å². The highest BCUT2D eigenvalue weighted by Crippen LogP contribution is 2.23. The van der Waals surface area contributed by atoms with Gasteiger partial charge in [0, 0.05) is 35.9 Å². The summed E-state index contributed by atoms with van der Waals surface area (Å²) in [6.07, 6.45) is 2.92. The van der Waals surface area contributed by atoms with Crippen LogP contribution in [0.1, 0.15) is 24.0 Å². The second kappa shape index (κ2) is 9.39. The van der Waals surface area contributed by atoms with Crippen molar-refractivity contribution < 1.29 is 9.59 Å². The normalized spacial score (nSPS) is 14.2. The number of anilines is 2. The van der Waals surface area contributed by atoms with Crippen molar-refractivity contribution in [2.45, 2.75) is 19.8 Å². The Morgan fingerprint density at radius 1 is 1.28 bits per heavy atom. The van der Waals surface area contributed by atoms with Gasteiger partial charge in [-0.25, -0.2) is 4.98 Å². The van der Waals surface area contributed by atoms with E-state index in [1.165, 1.54) is 0 Å². The van der Waals surface area contributed by atoms with Crippen LogP contribution in [0.2, 0.25) is 5.02 Å². The largest absolute Gasteiger partial charge is 0.357 e. The van der Waals surface area contributed by atoms with E-state index >= 15 is 0 Å². The molecular formula is C21H22ClN5O2. The lowest BCUT2D eigenvalue weighted by Gasteiger charge is -2.32. The number of benzene rings is 1. The van der Waals surface area contributed by atoms with Gasteiger partial charge in [-0.2, -0.15) is 5.26 Å². The molecule has 8 heteroatoms. The predicted molar refractivity (Wildman–Crippen MR) is 112 cm³/mol. The number of nitriles is 1. The van der Waals surface area contributed by atoms with Crippen LogP contribution in [0.5, 0.6) is 0 Å². The summed E-state index contributed by atoms with van der Waals surface area (Å²) in [4.78, 5) is 31.0. The number of hydrogen-bond donors (Lipinski definition) is 2. The van der Waals surface area contributed by atoms with Gasteiger partial charge in [0.25, 0.3) is 0 Å². The molecule has 29 heavy (non-hydrogen) atoms.